The number of alkyl halides is 2. The fourth-order valence-electron chi connectivity index (χ4n) is 2.14. The molecule has 11 heteroatoms. The summed E-state index contributed by atoms with van der Waals surface area (Å²) in [5, 5.41) is 10.9. The van der Waals surface area contributed by atoms with Crippen LogP contribution in [-0.2, 0) is 11.4 Å². The van der Waals surface area contributed by atoms with E-state index in [4.69, 9.17) is 20.8 Å². The number of carbonyl (C=O) groups is 1. The van der Waals surface area contributed by atoms with E-state index in [0.29, 0.717) is 28.2 Å². The van der Waals surface area contributed by atoms with E-state index in [0.717, 1.165) is 11.8 Å². The summed E-state index contributed by atoms with van der Waals surface area (Å²) in [6.45, 7) is 0.0295. The number of halogens is 3. The number of nitrogens with zero attached hydrogens (tertiary/aromatic N) is 2. The highest BCUT2D eigenvalue weighted by Gasteiger charge is 2.14. The Morgan fingerprint density at radius 2 is 1.93 bits per heavy atom. The summed E-state index contributed by atoms with van der Waals surface area (Å²) >= 11 is 7.40. The molecular formula is C18H14ClF2N3O3S2. The smallest absolute Gasteiger partial charge is 0.288 e. The van der Waals surface area contributed by atoms with E-state index >= 15 is 0 Å². The van der Waals surface area contributed by atoms with Crippen molar-refractivity contribution in [2.24, 2.45) is 0 Å². The molecule has 0 saturated carbocycles. The fourth-order valence-corrected chi connectivity index (χ4v) is 3.50. The molecule has 1 N–H and O–H groups in total. The molecule has 3 rings (SSSR count). The van der Waals surface area contributed by atoms with E-state index in [1.165, 1.54) is 6.07 Å². The number of hydrogen-bond acceptors (Lipinski definition) is 7. The largest absolute Gasteiger partial charge is 0.482 e. The summed E-state index contributed by atoms with van der Waals surface area (Å²) in [5.74, 6) is -2.27. The molecule has 0 radical (unpaired) electrons. The van der Waals surface area contributed by atoms with Gasteiger partial charge < -0.3 is 14.5 Å². The van der Waals surface area contributed by atoms with Gasteiger partial charge in [0, 0.05) is 4.90 Å². The second-order valence-corrected chi connectivity index (χ2v) is 7.76. The van der Waals surface area contributed by atoms with Crippen molar-refractivity contribution in [3.8, 4) is 5.75 Å². The van der Waals surface area contributed by atoms with Crippen molar-refractivity contribution < 1.29 is 22.7 Å². The molecule has 0 saturated heterocycles. The van der Waals surface area contributed by atoms with Crippen molar-refractivity contribution in [2.45, 2.75) is 22.5 Å². The Balaban J connectivity index is 1.49. The predicted octanol–water partition coefficient (Wildman–Crippen LogP) is 5.35. The van der Waals surface area contributed by atoms with Crippen molar-refractivity contribution in [3.63, 3.8) is 0 Å². The van der Waals surface area contributed by atoms with E-state index in [1.54, 1.807) is 42.5 Å². The third-order valence-corrected chi connectivity index (χ3v) is 5.26. The minimum absolute atomic E-state index is 0.0271. The monoisotopic (exact) mass is 457 g/mol. The lowest BCUT2D eigenvalue weighted by molar-refractivity contribution is -0.113. The SMILES string of the molecule is O=C(CSc1nnc(COc2ccccc2Cl)o1)Nc1ccccc1SC(F)F. The van der Waals surface area contributed by atoms with Crippen LogP contribution < -0.4 is 10.1 Å². The number of hydrogen-bond donors (Lipinski definition) is 1. The second kappa shape index (κ2) is 10.5. The Morgan fingerprint density at radius 1 is 1.17 bits per heavy atom. The third-order valence-electron chi connectivity index (χ3n) is 3.34. The van der Waals surface area contributed by atoms with E-state index in [-0.39, 0.29) is 34.3 Å². The van der Waals surface area contributed by atoms with Crippen molar-refractivity contribution in [3.05, 3.63) is 59.4 Å². The van der Waals surface area contributed by atoms with Crippen LogP contribution in [0.15, 0.2) is 63.1 Å². The minimum Gasteiger partial charge on any atom is -0.482 e. The van der Waals surface area contributed by atoms with Gasteiger partial charge in [0.25, 0.3) is 16.9 Å². The van der Waals surface area contributed by atoms with Crippen molar-refractivity contribution in [1.82, 2.24) is 10.2 Å². The third kappa shape index (κ3) is 6.62. The number of rotatable bonds is 9. The highest BCUT2D eigenvalue weighted by Crippen LogP contribution is 2.32. The van der Waals surface area contributed by atoms with Gasteiger partial charge in [-0.05, 0) is 24.3 Å². The number of nitrogens with one attached hydrogen (secondary N) is 1. The summed E-state index contributed by atoms with van der Waals surface area (Å²) in [7, 11) is 0. The molecule has 0 aliphatic heterocycles. The number of aromatic nitrogens is 2. The first-order valence-electron chi connectivity index (χ1n) is 8.17. The van der Waals surface area contributed by atoms with Gasteiger partial charge in [-0.15, -0.1) is 10.2 Å². The molecule has 6 nitrogen and oxygen atoms in total. The summed E-state index contributed by atoms with van der Waals surface area (Å²) in [6, 6.07) is 13.3. The van der Waals surface area contributed by atoms with Crippen LogP contribution in [0, 0.1) is 0 Å². The van der Waals surface area contributed by atoms with Crippen LogP contribution in [0.25, 0.3) is 0 Å². The first-order valence-corrected chi connectivity index (χ1v) is 10.4. The van der Waals surface area contributed by atoms with Crippen LogP contribution in [0.5, 0.6) is 5.75 Å². The zero-order chi connectivity index (χ0) is 20.6. The number of thioether (sulfide) groups is 2. The summed E-state index contributed by atoms with van der Waals surface area (Å²) in [4.78, 5) is 12.4. The number of para-hydroxylation sites is 2. The van der Waals surface area contributed by atoms with Gasteiger partial charge in [0.15, 0.2) is 6.61 Å². The van der Waals surface area contributed by atoms with Crippen molar-refractivity contribution >= 4 is 46.7 Å². The molecule has 0 spiro atoms. The highest BCUT2D eigenvalue weighted by atomic mass is 35.5. The van der Waals surface area contributed by atoms with Gasteiger partial charge in [0.2, 0.25) is 5.91 Å². The van der Waals surface area contributed by atoms with E-state index in [1.807, 2.05) is 0 Å². The maximum atomic E-state index is 12.6. The topological polar surface area (TPSA) is 77.2 Å². The average molecular weight is 458 g/mol. The standard InChI is InChI=1S/C18H14ClF2N3O3S2/c19-11-5-1-3-7-13(11)26-9-16-23-24-18(27-16)28-10-15(25)22-12-6-2-4-8-14(12)29-17(20)21/h1-8,17H,9-10H2,(H,22,25). The van der Waals surface area contributed by atoms with Gasteiger partial charge in [-0.3, -0.25) is 4.79 Å². The lowest BCUT2D eigenvalue weighted by atomic mass is 10.3. The zero-order valence-electron chi connectivity index (χ0n) is 14.7. The maximum Gasteiger partial charge on any atom is 0.288 e. The number of ether oxygens (including phenoxy) is 1. The van der Waals surface area contributed by atoms with Gasteiger partial charge in [-0.2, -0.15) is 8.78 Å². The van der Waals surface area contributed by atoms with E-state index < -0.39 is 5.76 Å². The first-order chi connectivity index (χ1) is 14.0. The number of carbonyl (C=O) groups excluding carboxylic acids is 1. The number of anilines is 1. The van der Waals surface area contributed by atoms with Crippen LogP contribution >= 0.6 is 35.1 Å². The second-order valence-electron chi connectivity index (χ2n) is 5.39. The molecule has 0 atom stereocenters. The molecule has 0 fully saturated rings. The van der Waals surface area contributed by atoms with E-state index in [2.05, 4.69) is 15.5 Å². The summed E-state index contributed by atoms with van der Waals surface area (Å²) in [6.07, 6.45) is 0. The summed E-state index contributed by atoms with van der Waals surface area (Å²) < 4.78 is 36.1. The van der Waals surface area contributed by atoms with Crippen LogP contribution in [0.3, 0.4) is 0 Å². The minimum atomic E-state index is -2.58. The van der Waals surface area contributed by atoms with E-state index in [9.17, 15) is 13.6 Å². The Morgan fingerprint density at radius 3 is 2.72 bits per heavy atom. The van der Waals surface area contributed by atoms with Crippen LogP contribution in [0.2, 0.25) is 5.02 Å². The molecule has 1 aromatic heterocycles. The van der Waals surface area contributed by atoms with Gasteiger partial charge in [-0.25, -0.2) is 0 Å². The normalized spacial score (nSPS) is 10.9. The van der Waals surface area contributed by atoms with Crippen LogP contribution in [-0.4, -0.2) is 27.6 Å². The van der Waals surface area contributed by atoms with Gasteiger partial charge in [0.05, 0.1) is 16.5 Å². The van der Waals surface area contributed by atoms with Crippen LogP contribution in [0.4, 0.5) is 14.5 Å². The molecule has 0 aliphatic rings. The molecular weight excluding hydrogens is 444 g/mol. The Bertz CT molecular complexity index is 975. The average Bonchev–Trinajstić information content (AvgIpc) is 3.15. The van der Waals surface area contributed by atoms with Crippen molar-refractivity contribution in [1.29, 1.82) is 0 Å². The maximum absolute atomic E-state index is 12.6. The highest BCUT2D eigenvalue weighted by molar-refractivity contribution is 8.00. The Labute approximate surface area is 178 Å². The molecule has 0 aliphatic carbocycles. The number of amides is 1. The quantitative estimate of drug-likeness (QED) is 0.434. The number of benzene rings is 2. The Hall–Kier alpha value is -2.30. The Kier molecular flexibility index (Phi) is 7.73. The molecule has 3 aromatic rings. The van der Waals surface area contributed by atoms with Crippen LogP contribution in [0.1, 0.15) is 5.89 Å². The zero-order valence-corrected chi connectivity index (χ0v) is 17.1. The molecule has 1 heterocycles. The lowest BCUT2D eigenvalue weighted by Gasteiger charge is -2.09. The first kappa shape index (κ1) is 21.4. The molecule has 1 amide bonds. The van der Waals surface area contributed by atoms with Gasteiger partial charge in [-0.1, -0.05) is 59.4 Å². The molecule has 0 bridgehead atoms. The molecule has 29 heavy (non-hydrogen) atoms. The molecule has 2 aromatic carbocycles. The lowest BCUT2D eigenvalue weighted by Crippen LogP contribution is -2.14. The fraction of sp³-hybridized carbons (Fsp3) is 0.167. The van der Waals surface area contributed by atoms with Gasteiger partial charge >= 0.3 is 0 Å². The van der Waals surface area contributed by atoms with Gasteiger partial charge in [0.1, 0.15) is 5.75 Å². The summed E-state index contributed by atoms with van der Waals surface area (Å²) in [5.41, 5.74) is 0.322. The molecule has 0 unspecified atom stereocenters. The predicted molar refractivity (Wildman–Crippen MR) is 108 cm³/mol. The van der Waals surface area contributed by atoms with Crippen molar-refractivity contribution in [2.75, 3.05) is 11.1 Å². The molecule has 152 valence electrons.